The molecule has 198 valence electrons. The predicted molar refractivity (Wildman–Crippen MR) is 154 cm³/mol. The molecular weight excluding hydrogens is 512 g/mol. The van der Waals surface area contributed by atoms with Gasteiger partial charge in [0.25, 0.3) is 5.91 Å². The van der Waals surface area contributed by atoms with Gasteiger partial charge in [0.15, 0.2) is 0 Å². The molecule has 1 amide bonds. The molecule has 3 heterocycles. The third kappa shape index (κ3) is 4.42. The summed E-state index contributed by atoms with van der Waals surface area (Å²) in [5, 5.41) is 0.652. The first-order chi connectivity index (χ1) is 19.0. The Morgan fingerprint density at radius 3 is 2.41 bits per heavy atom. The molecule has 3 aromatic carbocycles. The van der Waals surface area contributed by atoms with Gasteiger partial charge in [0, 0.05) is 29.8 Å². The van der Waals surface area contributed by atoms with E-state index in [0.29, 0.717) is 36.5 Å². The number of nitrogens with one attached hydrogen (secondary N) is 1. The second-order valence-electron chi connectivity index (χ2n) is 9.88. The Hall–Kier alpha value is -4.23. The Morgan fingerprint density at radius 1 is 0.974 bits per heavy atom. The Balaban J connectivity index is 1.33. The zero-order valence-electron chi connectivity index (χ0n) is 21.9. The first-order valence-corrected chi connectivity index (χ1v) is 13.4. The number of halogens is 1. The number of aromatic amines is 1. The molecule has 5 aromatic rings. The molecule has 0 radical (unpaired) electrons. The van der Waals surface area contributed by atoms with Crippen molar-refractivity contribution in [2.75, 3.05) is 20.2 Å². The molecule has 0 spiro atoms. The standard InChI is InChI=1S/C31H29ClN4O3/c1-20-24(19-28(21-11-13-22(32)14-12-21)35(20)27-9-5-6-10-29(27)39-2)30(37)34-17-15-23(16-18-34)36-26-8-4-3-7-25(26)33-31(36)38/h3-14,19,23H,15-18H2,1-2H3,(H,33,38). The number of rotatable bonds is 5. The maximum absolute atomic E-state index is 13.9. The van der Waals surface area contributed by atoms with Gasteiger partial charge >= 0.3 is 5.69 Å². The smallest absolute Gasteiger partial charge is 0.326 e. The number of methoxy groups -OCH3 is 1. The average molecular weight is 541 g/mol. The van der Waals surface area contributed by atoms with Gasteiger partial charge in [-0.2, -0.15) is 0 Å². The van der Waals surface area contributed by atoms with E-state index >= 15 is 0 Å². The van der Waals surface area contributed by atoms with Gasteiger partial charge in [-0.1, -0.05) is 48.0 Å². The molecule has 1 saturated heterocycles. The number of imidazole rings is 1. The van der Waals surface area contributed by atoms with Crippen molar-refractivity contribution in [1.82, 2.24) is 19.0 Å². The minimum atomic E-state index is -0.0988. The lowest BCUT2D eigenvalue weighted by atomic mass is 10.0. The van der Waals surface area contributed by atoms with E-state index < -0.39 is 0 Å². The Kier molecular flexibility index (Phi) is 6.53. The lowest BCUT2D eigenvalue weighted by Crippen LogP contribution is -2.40. The highest BCUT2D eigenvalue weighted by Crippen LogP contribution is 2.35. The fourth-order valence-electron chi connectivity index (χ4n) is 5.72. The lowest BCUT2D eigenvalue weighted by molar-refractivity contribution is 0.0694. The Labute approximate surface area is 231 Å². The molecule has 39 heavy (non-hydrogen) atoms. The van der Waals surface area contributed by atoms with E-state index in [9.17, 15) is 9.59 Å². The largest absolute Gasteiger partial charge is 0.495 e. The van der Waals surface area contributed by atoms with Gasteiger partial charge in [-0.15, -0.1) is 0 Å². The summed E-state index contributed by atoms with van der Waals surface area (Å²) in [5.41, 5.74) is 5.82. The van der Waals surface area contributed by atoms with Crippen LogP contribution < -0.4 is 10.4 Å². The molecule has 1 aliphatic heterocycles. The van der Waals surface area contributed by atoms with E-state index in [2.05, 4.69) is 9.55 Å². The first kappa shape index (κ1) is 25.1. The number of likely N-dealkylation sites (tertiary alicyclic amines) is 1. The number of benzene rings is 3. The normalized spacial score (nSPS) is 14.2. The van der Waals surface area contributed by atoms with Crippen LogP contribution in [0.5, 0.6) is 5.75 Å². The van der Waals surface area contributed by atoms with Gasteiger partial charge in [-0.05, 0) is 67.8 Å². The fraction of sp³-hybridized carbons (Fsp3) is 0.226. The van der Waals surface area contributed by atoms with Crippen molar-refractivity contribution in [3.8, 4) is 22.7 Å². The molecule has 0 aliphatic carbocycles. The molecule has 1 N–H and O–H groups in total. The predicted octanol–water partition coefficient (Wildman–Crippen LogP) is 6.24. The summed E-state index contributed by atoms with van der Waals surface area (Å²) < 4.78 is 9.59. The number of nitrogens with zero attached hydrogens (tertiary/aromatic N) is 3. The second-order valence-corrected chi connectivity index (χ2v) is 10.3. The van der Waals surface area contributed by atoms with E-state index in [1.54, 1.807) is 7.11 Å². The molecule has 1 fully saturated rings. The number of amides is 1. The molecule has 8 heteroatoms. The summed E-state index contributed by atoms with van der Waals surface area (Å²) in [5.74, 6) is 0.705. The van der Waals surface area contributed by atoms with Gasteiger partial charge in [-0.25, -0.2) is 4.79 Å². The molecule has 0 unspecified atom stereocenters. The number of ether oxygens (including phenoxy) is 1. The van der Waals surface area contributed by atoms with Crippen molar-refractivity contribution in [2.24, 2.45) is 0 Å². The van der Waals surface area contributed by atoms with E-state index in [0.717, 1.165) is 39.4 Å². The van der Waals surface area contributed by atoms with Crippen LogP contribution in [0.1, 0.15) is 34.9 Å². The number of aromatic nitrogens is 3. The summed E-state index contributed by atoms with van der Waals surface area (Å²) in [6.45, 7) is 3.12. The summed E-state index contributed by atoms with van der Waals surface area (Å²) in [6.07, 6.45) is 1.42. The number of carbonyl (C=O) groups excluding carboxylic acids is 1. The molecule has 6 rings (SSSR count). The van der Waals surface area contributed by atoms with Crippen molar-refractivity contribution in [3.05, 3.63) is 106 Å². The highest BCUT2D eigenvalue weighted by Gasteiger charge is 2.29. The van der Waals surface area contributed by atoms with Crippen LogP contribution in [0.15, 0.2) is 83.7 Å². The zero-order chi connectivity index (χ0) is 27.1. The Bertz CT molecular complexity index is 1720. The van der Waals surface area contributed by atoms with Gasteiger partial charge < -0.3 is 19.2 Å². The van der Waals surface area contributed by atoms with Crippen molar-refractivity contribution >= 4 is 28.5 Å². The molecule has 7 nitrogen and oxygen atoms in total. The summed E-state index contributed by atoms with van der Waals surface area (Å²) in [7, 11) is 1.65. The molecule has 2 aromatic heterocycles. The minimum absolute atomic E-state index is 0.0129. The number of fused-ring (bicyclic) bond motifs is 1. The van der Waals surface area contributed by atoms with Crippen LogP contribution in [0.25, 0.3) is 28.0 Å². The highest BCUT2D eigenvalue weighted by molar-refractivity contribution is 6.30. The van der Waals surface area contributed by atoms with Crippen molar-refractivity contribution in [3.63, 3.8) is 0 Å². The van der Waals surface area contributed by atoms with Gasteiger partial charge in [0.2, 0.25) is 0 Å². The number of hydrogen-bond donors (Lipinski definition) is 1. The number of carbonyl (C=O) groups is 1. The lowest BCUT2D eigenvalue weighted by Gasteiger charge is -2.32. The second kappa shape index (κ2) is 10.2. The quantitative estimate of drug-likeness (QED) is 0.287. The fourth-order valence-corrected chi connectivity index (χ4v) is 5.84. The van der Waals surface area contributed by atoms with Crippen molar-refractivity contribution in [2.45, 2.75) is 25.8 Å². The van der Waals surface area contributed by atoms with E-state index in [4.69, 9.17) is 16.3 Å². The highest BCUT2D eigenvalue weighted by atomic mass is 35.5. The van der Waals surface area contributed by atoms with Crippen molar-refractivity contribution < 1.29 is 9.53 Å². The monoisotopic (exact) mass is 540 g/mol. The molecule has 1 aliphatic rings. The van der Waals surface area contributed by atoms with Gasteiger partial charge in [0.1, 0.15) is 5.75 Å². The number of hydrogen-bond acceptors (Lipinski definition) is 3. The van der Waals surface area contributed by atoms with Crippen LogP contribution in [0.3, 0.4) is 0 Å². The zero-order valence-corrected chi connectivity index (χ0v) is 22.6. The third-order valence-corrected chi connectivity index (χ3v) is 7.94. The van der Waals surface area contributed by atoms with Crippen molar-refractivity contribution in [1.29, 1.82) is 0 Å². The maximum Gasteiger partial charge on any atom is 0.326 e. The van der Waals surface area contributed by atoms with Gasteiger partial charge in [-0.3, -0.25) is 9.36 Å². The minimum Gasteiger partial charge on any atom is -0.495 e. The topological polar surface area (TPSA) is 72.3 Å². The van der Waals surface area contributed by atoms with Crippen LogP contribution in [-0.4, -0.2) is 45.1 Å². The average Bonchev–Trinajstić information content (AvgIpc) is 3.49. The Morgan fingerprint density at radius 2 is 1.67 bits per heavy atom. The van der Waals surface area contributed by atoms with Crippen LogP contribution >= 0.6 is 11.6 Å². The SMILES string of the molecule is COc1ccccc1-n1c(-c2ccc(Cl)cc2)cc(C(=O)N2CCC(n3c(=O)[nH]c4ccccc43)CC2)c1C. The van der Waals surface area contributed by atoms with Crippen LogP contribution in [0, 0.1) is 6.92 Å². The molecule has 0 bridgehead atoms. The van der Waals surface area contributed by atoms with Crippen LogP contribution in [0.2, 0.25) is 5.02 Å². The maximum atomic E-state index is 13.9. The van der Waals surface area contributed by atoms with Crippen LogP contribution in [0.4, 0.5) is 0 Å². The summed E-state index contributed by atoms with van der Waals surface area (Å²) >= 11 is 6.17. The molecule has 0 atom stereocenters. The van der Waals surface area contributed by atoms with Crippen LogP contribution in [-0.2, 0) is 0 Å². The summed E-state index contributed by atoms with van der Waals surface area (Å²) in [6, 6.07) is 25.2. The first-order valence-electron chi connectivity index (χ1n) is 13.1. The number of piperidine rings is 1. The van der Waals surface area contributed by atoms with Gasteiger partial charge in [0.05, 0.1) is 35.1 Å². The summed E-state index contributed by atoms with van der Waals surface area (Å²) in [4.78, 5) is 31.5. The third-order valence-electron chi connectivity index (χ3n) is 7.68. The van der Waals surface area contributed by atoms with E-state index in [1.165, 1.54) is 0 Å². The molecular formula is C31H29ClN4O3. The van der Waals surface area contributed by atoms with E-state index in [1.807, 2.05) is 95.3 Å². The molecule has 0 saturated carbocycles. The van der Waals surface area contributed by atoms with E-state index in [-0.39, 0.29) is 17.6 Å². The number of H-pyrrole nitrogens is 1. The number of para-hydroxylation sites is 4.